The van der Waals surface area contributed by atoms with Crippen LogP contribution in [0.25, 0.3) is 0 Å². The topological polar surface area (TPSA) is 0 Å². The molecule has 0 aromatic heterocycles. The molecule has 2 rings (SSSR count). The van der Waals surface area contributed by atoms with Gasteiger partial charge >= 0.3 is 0 Å². The van der Waals surface area contributed by atoms with Crippen molar-refractivity contribution in [3.05, 3.63) is 59.2 Å². The third-order valence-corrected chi connectivity index (χ3v) is 2.53. The Hall–Kier alpha value is -1.30. The van der Waals surface area contributed by atoms with Crippen molar-refractivity contribution in [1.29, 1.82) is 0 Å². The number of hydrogen-bond donors (Lipinski definition) is 0. The summed E-state index contributed by atoms with van der Waals surface area (Å²) in [6.45, 7) is 2.18. The van der Waals surface area contributed by atoms with Crippen LogP contribution in [0.15, 0.2) is 48.1 Å². The lowest BCUT2D eigenvalue weighted by molar-refractivity contribution is 1.07. The molecule has 0 amide bonds. The fraction of sp³-hybridized carbons (Fsp3) is 0.231. The Balaban J connectivity index is 2.14. The van der Waals surface area contributed by atoms with Crippen molar-refractivity contribution in [2.24, 2.45) is 0 Å². The van der Waals surface area contributed by atoms with Gasteiger partial charge in [0.2, 0.25) is 0 Å². The average Bonchev–Trinajstić information content (AvgIpc) is 2.61. The van der Waals surface area contributed by atoms with E-state index in [1.807, 2.05) is 0 Å². The summed E-state index contributed by atoms with van der Waals surface area (Å²) in [5.41, 5.74) is 4.38. The summed E-state index contributed by atoms with van der Waals surface area (Å²) in [6.07, 6.45) is 8.83. The highest BCUT2D eigenvalue weighted by atomic mass is 14.1. The van der Waals surface area contributed by atoms with Crippen LogP contribution in [0.3, 0.4) is 0 Å². The lowest BCUT2D eigenvalue weighted by atomic mass is 10.0. The Morgan fingerprint density at radius 3 is 2.77 bits per heavy atom. The molecule has 0 saturated heterocycles. The molecule has 0 atom stereocenters. The summed E-state index contributed by atoms with van der Waals surface area (Å²) in [5, 5.41) is 0. The molecule has 13 heavy (non-hydrogen) atoms. The first-order chi connectivity index (χ1) is 6.36. The monoisotopic (exact) mass is 170 g/mol. The first kappa shape index (κ1) is 8.31. The zero-order valence-electron chi connectivity index (χ0n) is 7.96. The SMILES string of the molecule is Cc1ccccc1CC1=CC=CC1. The lowest BCUT2D eigenvalue weighted by Crippen LogP contribution is -1.90. The van der Waals surface area contributed by atoms with Gasteiger partial charge in [0.1, 0.15) is 0 Å². The van der Waals surface area contributed by atoms with Crippen LogP contribution in [0.2, 0.25) is 0 Å². The largest absolute Gasteiger partial charge is 0.0804 e. The quantitative estimate of drug-likeness (QED) is 0.638. The summed E-state index contributed by atoms with van der Waals surface area (Å²) in [4.78, 5) is 0. The fourth-order valence-corrected chi connectivity index (χ4v) is 1.68. The van der Waals surface area contributed by atoms with Gasteiger partial charge in [-0.3, -0.25) is 0 Å². The van der Waals surface area contributed by atoms with Crippen molar-refractivity contribution in [2.45, 2.75) is 19.8 Å². The molecule has 1 aliphatic carbocycles. The molecular weight excluding hydrogens is 156 g/mol. The van der Waals surface area contributed by atoms with Gasteiger partial charge < -0.3 is 0 Å². The molecule has 0 N–H and O–H groups in total. The van der Waals surface area contributed by atoms with Crippen LogP contribution in [0.4, 0.5) is 0 Å². The zero-order chi connectivity index (χ0) is 9.10. The van der Waals surface area contributed by atoms with E-state index in [0.717, 1.165) is 12.8 Å². The van der Waals surface area contributed by atoms with E-state index < -0.39 is 0 Å². The Morgan fingerprint density at radius 2 is 2.08 bits per heavy atom. The third kappa shape index (κ3) is 1.89. The maximum absolute atomic E-state index is 2.23. The van der Waals surface area contributed by atoms with Gasteiger partial charge in [-0.25, -0.2) is 0 Å². The molecule has 0 radical (unpaired) electrons. The Bertz CT molecular complexity index is 356. The van der Waals surface area contributed by atoms with Gasteiger partial charge in [-0.05, 0) is 30.9 Å². The van der Waals surface area contributed by atoms with E-state index in [1.165, 1.54) is 16.7 Å². The van der Waals surface area contributed by atoms with Crippen LogP contribution in [0.1, 0.15) is 17.5 Å². The molecule has 0 fully saturated rings. The second kappa shape index (κ2) is 3.61. The predicted octanol–water partition coefficient (Wildman–Crippen LogP) is 3.42. The fourth-order valence-electron chi connectivity index (χ4n) is 1.68. The molecule has 1 aromatic rings. The van der Waals surface area contributed by atoms with Crippen LogP contribution in [0.5, 0.6) is 0 Å². The van der Waals surface area contributed by atoms with E-state index in [9.17, 15) is 0 Å². The summed E-state index contributed by atoms with van der Waals surface area (Å²) < 4.78 is 0. The van der Waals surface area contributed by atoms with Crippen molar-refractivity contribution < 1.29 is 0 Å². The highest BCUT2D eigenvalue weighted by molar-refractivity contribution is 5.33. The molecule has 0 aliphatic heterocycles. The summed E-state index contributed by atoms with van der Waals surface area (Å²) in [6, 6.07) is 8.61. The second-order valence-electron chi connectivity index (χ2n) is 3.56. The number of benzene rings is 1. The minimum Gasteiger partial charge on any atom is -0.0804 e. The van der Waals surface area contributed by atoms with Gasteiger partial charge in [0.05, 0.1) is 0 Å². The molecule has 0 spiro atoms. The normalized spacial score (nSPS) is 14.7. The Labute approximate surface area is 79.6 Å². The van der Waals surface area contributed by atoms with E-state index in [1.54, 1.807) is 0 Å². The van der Waals surface area contributed by atoms with Crippen LogP contribution < -0.4 is 0 Å². The minimum atomic E-state index is 1.11. The average molecular weight is 170 g/mol. The van der Waals surface area contributed by atoms with Gasteiger partial charge in [0, 0.05) is 0 Å². The highest BCUT2D eigenvalue weighted by Crippen LogP contribution is 2.18. The van der Waals surface area contributed by atoms with Crippen LogP contribution in [-0.4, -0.2) is 0 Å². The molecule has 0 saturated carbocycles. The van der Waals surface area contributed by atoms with Crippen molar-refractivity contribution in [3.8, 4) is 0 Å². The van der Waals surface area contributed by atoms with Crippen molar-refractivity contribution in [3.63, 3.8) is 0 Å². The second-order valence-corrected chi connectivity index (χ2v) is 3.56. The molecule has 0 unspecified atom stereocenters. The molecule has 1 aliphatic rings. The van der Waals surface area contributed by atoms with E-state index in [2.05, 4.69) is 49.4 Å². The maximum atomic E-state index is 2.23. The Morgan fingerprint density at radius 1 is 1.23 bits per heavy atom. The zero-order valence-corrected chi connectivity index (χ0v) is 7.96. The standard InChI is InChI=1S/C13H14/c1-11-6-2-5-9-13(11)10-12-7-3-4-8-12/h2-7,9H,8,10H2,1H3. The molecule has 0 heterocycles. The van der Waals surface area contributed by atoms with Crippen LogP contribution in [0, 0.1) is 6.92 Å². The highest BCUT2D eigenvalue weighted by Gasteiger charge is 2.02. The number of allylic oxidation sites excluding steroid dienone is 4. The molecule has 0 bridgehead atoms. The number of hydrogen-bond acceptors (Lipinski definition) is 0. The van der Waals surface area contributed by atoms with Gasteiger partial charge in [0.25, 0.3) is 0 Å². The van der Waals surface area contributed by atoms with Crippen molar-refractivity contribution in [2.75, 3.05) is 0 Å². The summed E-state index contributed by atoms with van der Waals surface area (Å²) in [5.74, 6) is 0. The smallest absolute Gasteiger partial charge is 0.00583 e. The molecular formula is C13H14. The summed E-state index contributed by atoms with van der Waals surface area (Å²) >= 11 is 0. The Kier molecular flexibility index (Phi) is 2.31. The van der Waals surface area contributed by atoms with Gasteiger partial charge in [-0.15, -0.1) is 0 Å². The van der Waals surface area contributed by atoms with E-state index in [-0.39, 0.29) is 0 Å². The number of rotatable bonds is 2. The maximum Gasteiger partial charge on any atom is -0.00583 e. The molecule has 0 heteroatoms. The molecule has 66 valence electrons. The van der Waals surface area contributed by atoms with Gasteiger partial charge in [-0.1, -0.05) is 48.1 Å². The lowest BCUT2D eigenvalue weighted by Gasteiger charge is -2.05. The van der Waals surface area contributed by atoms with Crippen molar-refractivity contribution in [1.82, 2.24) is 0 Å². The van der Waals surface area contributed by atoms with Crippen molar-refractivity contribution >= 4 is 0 Å². The predicted molar refractivity (Wildman–Crippen MR) is 56.7 cm³/mol. The van der Waals surface area contributed by atoms with Crippen LogP contribution >= 0.6 is 0 Å². The third-order valence-electron chi connectivity index (χ3n) is 2.53. The van der Waals surface area contributed by atoms with E-state index >= 15 is 0 Å². The summed E-state index contributed by atoms with van der Waals surface area (Å²) in [7, 11) is 0. The number of aryl methyl sites for hydroxylation is 1. The van der Waals surface area contributed by atoms with Gasteiger partial charge in [-0.2, -0.15) is 0 Å². The first-order valence-corrected chi connectivity index (χ1v) is 4.75. The van der Waals surface area contributed by atoms with E-state index in [4.69, 9.17) is 0 Å². The first-order valence-electron chi connectivity index (χ1n) is 4.75. The van der Waals surface area contributed by atoms with E-state index in [0.29, 0.717) is 0 Å². The molecule has 1 aromatic carbocycles. The molecule has 0 nitrogen and oxygen atoms in total. The van der Waals surface area contributed by atoms with Crippen LogP contribution in [-0.2, 0) is 6.42 Å². The van der Waals surface area contributed by atoms with Gasteiger partial charge in [0.15, 0.2) is 0 Å². The minimum absolute atomic E-state index is 1.11.